The van der Waals surface area contributed by atoms with Crippen molar-refractivity contribution in [3.8, 4) is 11.5 Å². The van der Waals surface area contributed by atoms with Crippen LogP contribution in [-0.4, -0.2) is 76.6 Å². The third-order valence-corrected chi connectivity index (χ3v) is 8.53. The molecule has 11 heteroatoms. The van der Waals surface area contributed by atoms with Crippen LogP contribution in [0.3, 0.4) is 0 Å². The van der Waals surface area contributed by atoms with Crippen molar-refractivity contribution >= 4 is 11.8 Å². The van der Waals surface area contributed by atoms with Crippen LogP contribution in [-0.2, 0) is 19.5 Å². The maximum absolute atomic E-state index is 14.2. The number of aliphatic hydroxyl groups is 1. The molecule has 1 heterocycles. The Kier molecular flexibility index (Phi) is 14.6. The van der Waals surface area contributed by atoms with E-state index in [4.69, 9.17) is 4.42 Å². The molecular formula is C39H49F2N5O4. The minimum Gasteiger partial charge on any atom is -0.445 e. The zero-order chi connectivity index (χ0) is 36.0. The smallest absolute Gasteiger partial charge is 0.253 e. The van der Waals surface area contributed by atoms with Crippen LogP contribution >= 0.6 is 0 Å². The first-order chi connectivity index (χ1) is 24.1. The lowest BCUT2D eigenvalue weighted by Gasteiger charge is -2.26. The second-order valence-corrected chi connectivity index (χ2v) is 12.5. The Morgan fingerprint density at radius 2 is 1.56 bits per heavy atom. The van der Waals surface area contributed by atoms with E-state index in [0.717, 1.165) is 44.1 Å². The molecule has 0 radical (unpaired) electrons. The minimum absolute atomic E-state index is 0.0470. The fourth-order valence-electron chi connectivity index (χ4n) is 5.98. The highest BCUT2D eigenvalue weighted by Crippen LogP contribution is 2.23. The SMILES string of the molecule is CCCN(CCC)C(=O)c1cc(C(=O)N[C@H](Cc2cc(F)cc(F)c2)[C@@H](O)CNCc2cccc(CN(CC)CC)c2)cc(-c2ncco2)c1. The van der Waals surface area contributed by atoms with Gasteiger partial charge in [-0.1, -0.05) is 52.0 Å². The van der Waals surface area contributed by atoms with E-state index in [1.165, 1.54) is 36.2 Å². The van der Waals surface area contributed by atoms with Gasteiger partial charge in [-0.3, -0.25) is 14.5 Å². The lowest BCUT2D eigenvalue weighted by Crippen LogP contribution is -2.48. The van der Waals surface area contributed by atoms with Crippen molar-refractivity contribution in [3.05, 3.63) is 113 Å². The van der Waals surface area contributed by atoms with Crippen molar-refractivity contribution in [1.29, 1.82) is 0 Å². The molecular weight excluding hydrogens is 640 g/mol. The maximum Gasteiger partial charge on any atom is 0.253 e. The van der Waals surface area contributed by atoms with Crippen LogP contribution in [0.15, 0.2) is 77.5 Å². The van der Waals surface area contributed by atoms with Gasteiger partial charge in [-0.25, -0.2) is 13.8 Å². The molecule has 4 rings (SSSR count). The minimum atomic E-state index is -1.13. The quantitative estimate of drug-likeness (QED) is 0.107. The van der Waals surface area contributed by atoms with Crippen LogP contribution in [0.5, 0.6) is 0 Å². The maximum atomic E-state index is 14.2. The Labute approximate surface area is 293 Å². The van der Waals surface area contributed by atoms with Gasteiger partial charge in [0.25, 0.3) is 11.8 Å². The van der Waals surface area contributed by atoms with E-state index >= 15 is 0 Å². The molecule has 50 heavy (non-hydrogen) atoms. The molecule has 0 spiro atoms. The number of hydrogen-bond donors (Lipinski definition) is 3. The molecule has 2 amide bonds. The summed E-state index contributed by atoms with van der Waals surface area (Å²) in [5, 5.41) is 17.5. The van der Waals surface area contributed by atoms with E-state index in [1.807, 2.05) is 26.0 Å². The highest BCUT2D eigenvalue weighted by Gasteiger charge is 2.25. The molecule has 0 unspecified atom stereocenters. The first kappa shape index (κ1) is 38.4. The summed E-state index contributed by atoms with van der Waals surface area (Å²) in [7, 11) is 0. The van der Waals surface area contributed by atoms with Gasteiger partial charge in [-0.2, -0.15) is 0 Å². The number of aromatic nitrogens is 1. The van der Waals surface area contributed by atoms with Crippen molar-refractivity contribution in [2.75, 3.05) is 32.7 Å². The molecule has 1 aromatic heterocycles. The summed E-state index contributed by atoms with van der Waals surface area (Å²) in [4.78, 5) is 35.8. The Bertz CT molecular complexity index is 1650. The first-order valence-corrected chi connectivity index (χ1v) is 17.4. The number of oxazole rings is 1. The van der Waals surface area contributed by atoms with E-state index in [1.54, 1.807) is 17.0 Å². The molecule has 0 aliphatic rings. The summed E-state index contributed by atoms with van der Waals surface area (Å²) < 4.78 is 33.8. The average Bonchev–Trinajstić information content (AvgIpc) is 3.65. The second kappa shape index (κ2) is 19.1. The summed E-state index contributed by atoms with van der Waals surface area (Å²) in [6.07, 6.45) is 3.24. The van der Waals surface area contributed by atoms with Gasteiger partial charge in [0.05, 0.1) is 18.3 Å². The Balaban J connectivity index is 1.57. The molecule has 4 aromatic rings. The molecule has 0 saturated carbocycles. The van der Waals surface area contributed by atoms with E-state index in [0.29, 0.717) is 30.8 Å². The molecule has 0 saturated heterocycles. The summed E-state index contributed by atoms with van der Waals surface area (Å²) in [6, 6.07) is 15.1. The zero-order valence-electron chi connectivity index (χ0n) is 29.4. The molecule has 3 N–H and O–H groups in total. The number of carbonyl (C=O) groups is 2. The van der Waals surface area contributed by atoms with Crippen molar-refractivity contribution < 1.29 is 27.9 Å². The summed E-state index contributed by atoms with van der Waals surface area (Å²) in [5.74, 6) is -2.08. The monoisotopic (exact) mass is 689 g/mol. The Morgan fingerprint density at radius 1 is 0.880 bits per heavy atom. The summed E-state index contributed by atoms with van der Waals surface area (Å²) in [6.45, 7) is 12.7. The van der Waals surface area contributed by atoms with Gasteiger partial charge >= 0.3 is 0 Å². The normalized spacial score (nSPS) is 12.6. The number of aliphatic hydroxyl groups excluding tert-OH is 1. The number of nitrogens with zero attached hydrogens (tertiary/aromatic N) is 3. The van der Waals surface area contributed by atoms with Crippen LogP contribution in [0.2, 0.25) is 0 Å². The largest absolute Gasteiger partial charge is 0.445 e. The van der Waals surface area contributed by atoms with E-state index in [9.17, 15) is 23.5 Å². The summed E-state index contributed by atoms with van der Waals surface area (Å²) in [5.41, 5.74) is 3.38. The third kappa shape index (κ3) is 11.0. The first-order valence-electron chi connectivity index (χ1n) is 17.4. The van der Waals surface area contributed by atoms with Crippen LogP contribution in [0.1, 0.15) is 77.9 Å². The van der Waals surface area contributed by atoms with Crippen molar-refractivity contribution in [3.63, 3.8) is 0 Å². The number of rotatable bonds is 19. The molecule has 2 atom stereocenters. The molecule has 3 aromatic carbocycles. The van der Waals surface area contributed by atoms with Gasteiger partial charge in [-0.15, -0.1) is 0 Å². The second-order valence-electron chi connectivity index (χ2n) is 12.5. The van der Waals surface area contributed by atoms with Gasteiger partial charge < -0.3 is 25.1 Å². The predicted molar refractivity (Wildman–Crippen MR) is 191 cm³/mol. The summed E-state index contributed by atoms with van der Waals surface area (Å²) >= 11 is 0. The van der Waals surface area contributed by atoms with Gasteiger partial charge in [0.15, 0.2) is 0 Å². The van der Waals surface area contributed by atoms with Gasteiger partial charge in [0.1, 0.15) is 17.9 Å². The van der Waals surface area contributed by atoms with Crippen molar-refractivity contribution in [1.82, 2.24) is 25.4 Å². The fraction of sp³-hybridized carbons (Fsp3) is 0.410. The van der Waals surface area contributed by atoms with Crippen LogP contribution in [0, 0.1) is 11.6 Å². The highest BCUT2D eigenvalue weighted by molar-refractivity contribution is 6.01. The molecule has 0 fully saturated rings. The number of carbonyl (C=O) groups excluding carboxylic acids is 2. The lowest BCUT2D eigenvalue weighted by molar-refractivity contribution is 0.0755. The number of benzene rings is 3. The zero-order valence-corrected chi connectivity index (χ0v) is 29.4. The predicted octanol–water partition coefficient (Wildman–Crippen LogP) is 6.22. The molecule has 0 bridgehead atoms. The van der Waals surface area contributed by atoms with Crippen molar-refractivity contribution in [2.45, 2.75) is 72.2 Å². The number of amides is 2. The number of nitrogens with one attached hydrogen (secondary N) is 2. The fourth-order valence-corrected chi connectivity index (χ4v) is 5.98. The molecule has 0 aliphatic heterocycles. The van der Waals surface area contributed by atoms with Crippen LogP contribution < -0.4 is 10.6 Å². The molecule has 0 aliphatic carbocycles. The van der Waals surface area contributed by atoms with Gasteiger partial charge in [0.2, 0.25) is 5.89 Å². The number of halogens is 2. The molecule has 9 nitrogen and oxygen atoms in total. The number of hydrogen-bond acceptors (Lipinski definition) is 7. The highest BCUT2D eigenvalue weighted by atomic mass is 19.1. The average molecular weight is 690 g/mol. The molecule has 268 valence electrons. The lowest BCUT2D eigenvalue weighted by atomic mass is 9.99. The van der Waals surface area contributed by atoms with Crippen molar-refractivity contribution in [2.24, 2.45) is 0 Å². The standard InChI is InChI=1S/C39H49F2N5O4/c1-5-13-46(14-6-2)39(49)32-21-30(20-31(22-32)38-43-12-15-50-38)37(48)44-35(19-29-17-33(40)23-34(41)18-29)36(47)25-42-24-27-10-9-11-28(16-27)26-45(7-3)8-4/h9-12,15-18,20-23,35-36,42,47H,5-8,13-14,19,24-26H2,1-4H3,(H,44,48)/t35-,36+/m1/s1. The van der Waals surface area contributed by atoms with Crippen LogP contribution in [0.25, 0.3) is 11.5 Å². The van der Waals surface area contributed by atoms with E-state index < -0.39 is 29.7 Å². The van der Waals surface area contributed by atoms with E-state index in [2.05, 4.69) is 46.5 Å². The topological polar surface area (TPSA) is 111 Å². The van der Waals surface area contributed by atoms with Gasteiger partial charge in [-0.05, 0) is 79.4 Å². The Hall–Kier alpha value is -4.45. The van der Waals surface area contributed by atoms with Gasteiger partial charge in [0, 0.05) is 55.5 Å². The van der Waals surface area contributed by atoms with Crippen LogP contribution in [0.4, 0.5) is 8.78 Å². The van der Waals surface area contributed by atoms with E-state index in [-0.39, 0.29) is 35.9 Å². The third-order valence-electron chi connectivity index (χ3n) is 8.53. The Morgan fingerprint density at radius 3 is 2.20 bits per heavy atom.